The van der Waals surface area contributed by atoms with Crippen molar-refractivity contribution in [2.45, 2.75) is 23.1 Å². The van der Waals surface area contributed by atoms with Crippen LogP contribution >= 0.6 is 11.8 Å². The summed E-state index contributed by atoms with van der Waals surface area (Å²) in [5.74, 6) is 0. The Kier molecular flexibility index (Phi) is 4.35. The standard InChI is InChI=1S/C15H13NOS/c1-2-12-8-9-14(16-11-17)15(10-12)18-13-6-4-3-5-7-13/h3-10H,2H2,1H3. The molecule has 0 aromatic heterocycles. The molecule has 0 spiro atoms. The number of benzene rings is 2. The van der Waals surface area contributed by atoms with Gasteiger partial charge in [-0.05, 0) is 36.2 Å². The quantitative estimate of drug-likeness (QED) is 0.599. The zero-order valence-corrected chi connectivity index (χ0v) is 10.9. The van der Waals surface area contributed by atoms with Crippen molar-refractivity contribution in [1.82, 2.24) is 0 Å². The fourth-order valence-electron chi connectivity index (χ4n) is 1.62. The van der Waals surface area contributed by atoms with Crippen molar-refractivity contribution in [3.05, 3.63) is 54.1 Å². The highest BCUT2D eigenvalue weighted by Gasteiger charge is 2.05. The molecule has 0 bridgehead atoms. The Morgan fingerprint density at radius 1 is 1.17 bits per heavy atom. The van der Waals surface area contributed by atoms with Crippen LogP contribution in [-0.4, -0.2) is 6.08 Å². The van der Waals surface area contributed by atoms with Crippen LogP contribution in [0.15, 0.2) is 63.3 Å². The maximum atomic E-state index is 10.4. The molecule has 2 aromatic rings. The van der Waals surface area contributed by atoms with Crippen LogP contribution in [0.3, 0.4) is 0 Å². The van der Waals surface area contributed by atoms with E-state index in [9.17, 15) is 4.79 Å². The molecule has 18 heavy (non-hydrogen) atoms. The summed E-state index contributed by atoms with van der Waals surface area (Å²) in [5, 5.41) is 0. The van der Waals surface area contributed by atoms with E-state index in [-0.39, 0.29) is 0 Å². The van der Waals surface area contributed by atoms with Crippen LogP contribution in [0.25, 0.3) is 0 Å². The lowest BCUT2D eigenvalue weighted by Gasteiger charge is -2.06. The number of aliphatic imine (C=N–C) groups is 1. The second-order valence-corrected chi connectivity index (χ2v) is 4.89. The van der Waals surface area contributed by atoms with Crippen LogP contribution in [-0.2, 0) is 11.2 Å². The Morgan fingerprint density at radius 3 is 2.61 bits per heavy atom. The number of aryl methyl sites for hydroxylation is 1. The Balaban J connectivity index is 2.37. The summed E-state index contributed by atoms with van der Waals surface area (Å²) in [6, 6.07) is 16.0. The van der Waals surface area contributed by atoms with Crippen molar-refractivity contribution in [2.75, 3.05) is 0 Å². The molecule has 2 nitrogen and oxygen atoms in total. The predicted octanol–water partition coefficient (Wildman–Crippen LogP) is 4.37. The van der Waals surface area contributed by atoms with Crippen LogP contribution in [0.4, 0.5) is 5.69 Å². The van der Waals surface area contributed by atoms with Gasteiger partial charge in [-0.3, -0.25) is 0 Å². The van der Waals surface area contributed by atoms with E-state index in [0.29, 0.717) is 5.69 Å². The zero-order valence-electron chi connectivity index (χ0n) is 10.1. The first-order valence-corrected chi connectivity index (χ1v) is 6.59. The van der Waals surface area contributed by atoms with Crippen molar-refractivity contribution in [3.8, 4) is 0 Å². The number of hydrogen-bond donors (Lipinski definition) is 0. The molecule has 0 saturated carbocycles. The second-order valence-electron chi connectivity index (χ2n) is 3.77. The molecule has 0 amide bonds. The molecular weight excluding hydrogens is 242 g/mol. The normalized spacial score (nSPS) is 9.83. The van der Waals surface area contributed by atoms with Gasteiger partial charge >= 0.3 is 0 Å². The third kappa shape index (κ3) is 3.10. The summed E-state index contributed by atoms with van der Waals surface area (Å²) < 4.78 is 0. The molecule has 0 fully saturated rings. The fraction of sp³-hybridized carbons (Fsp3) is 0.133. The van der Waals surface area contributed by atoms with Crippen LogP contribution in [0.5, 0.6) is 0 Å². The maximum absolute atomic E-state index is 10.4. The highest BCUT2D eigenvalue weighted by molar-refractivity contribution is 7.99. The monoisotopic (exact) mass is 255 g/mol. The van der Waals surface area contributed by atoms with E-state index in [4.69, 9.17) is 0 Å². The first-order chi connectivity index (χ1) is 8.83. The summed E-state index contributed by atoms with van der Waals surface area (Å²) in [6.07, 6.45) is 2.58. The minimum atomic E-state index is 0.677. The molecule has 0 radical (unpaired) electrons. The highest BCUT2D eigenvalue weighted by Crippen LogP contribution is 2.35. The maximum Gasteiger partial charge on any atom is 0.240 e. The minimum Gasteiger partial charge on any atom is -0.211 e. The van der Waals surface area contributed by atoms with E-state index in [1.807, 2.05) is 42.5 Å². The van der Waals surface area contributed by atoms with Crippen molar-refractivity contribution in [2.24, 2.45) is 4.99 Å². The summed E-state index contributed by atoms with van der Waals surface area (Å²) >= 11 is 1.61. The van der Waals surface area contributed by atoms with Gasteiger partial charge in [0.05, 0.1) is 5.69 Å². The minimum absolute atomic E-state index is 0.677. The topological polar surface area (TPSA) is 29.4 Å². The van der Waals surface area contributed by atoms with Crippen LogP contribution < -0.4 is 0 Å². The average molecular weight is 255 g/mol. The lowest BCUT2D eigenvalue weighted by atomic mass is 10.1. The van der Waals surface area contributed by atoms with Crippen molar-refractivity contribution < 1.29 is 4.79 Å². The van der Waals surface area contributed by atoms with E-state index < -0.39 is 0 Å². The molecule has 0 unspecified atom stereocenters. The van der Waals surface area contributed by atoms with E-state index in [1.54, 1.807) is 17.8 Å². The van der Waals surface area contributed by atoms with E-state index in [1.165, 1.54) is 5.56 Å². The molecule has 0 N–H and O–H groups in total. The van der Waals surface area contributed by atoms with Gasteiger partial charge in [0.2, 0.25) is 6.08 Å². The number of nitrogens with zero attached hydrogens (tertiary/aromatic N) is 1. The molecular formula is C15H13NOS. The fourth-order valence-corrected chi connectivity index (χ4v) is 2.59. The lowest BCUT2D eigenvalue weighted by Crippen LogP contribution is -1.82. The Labute approximate surface area is 111 Å². The van der Waals surface area contributed by atoms with E-state index in [2.05, 4.69) is 18.0 Å². The van der Waals surface area contributed by atoms with Gasteiger partial charge in [-0.15, -0.1) is 0 Å². The average Bonchev–Trinajstić information content (AvgIpc) is 2.42. The molecule has 2 aromatic carbocycles. The van der Waals surface area contributed by atoms with Gasteiger partial charge in [0.15, 0.2) is 0 Å². The first kappa shape index (κ1) is 12.6. The van der Waals surface area contributed by atoms with Gasteiger partial charge in [-0.25, -0.2) is 4.79 Å². The SMILES string of the molecule is CCc1ccc(N=C=O)c(Sc2ccccc2)c1. The van der Waals surface area contributed by atoms with E-state index in [0.717, 1.165) is 16.2 Å². The summed E-state index contributed by atoms with van der Waals surface area (Å²) in [4.78, 5) is 16.3. The van der Waals surface area contributed by atoms with E-state index >= 15 is 0 Å². The number of rotatable bonds is 4. The summed E-state index contributed by atoms with van der Waals surface area (Å²) in [6.45, 7) is 2.11. The molecule has 0 saturated heterocycles. The molecule has 0 aliphatic heterocycles. The van der Waals surface area contributed by atoms with Gasteiger partial charge in [-0.1, -0.05) is 43.0 Å². The van der Waals surface area contributed by atoms with Crippen molar-refractivity contribution in [3.63, 3.8) is 0 Å². The zero-order chi connectivity index (χ0) is 12.8. The van der Waals surface area contributed by atoms with Gasteiger partial charge in [0, 0.05) is 9.79 Å². The van der Waals surface area contributed by atoms with Crippen molar-refractivity contribution >= 4 is 23.5 Å². The van der Waals surface area contributed by atoms with Crippen LogP contribution in [0, 0.1) is 0 Å². The predicted molar refractivity (Wildman–Crippen MR) is 74.2 cm³/mol. The second kappa shape index (κ2) is 6.20. The summed E-state index contributed by atoms with van der Waals surface area (Å²) in [5.41, 5.74) is 1.91. The largest absolute Gasteiger partial charge is 0.240 e. The molecule has 0 atom stereocenters. The number of hydrogen-bond acceptors (Lipinski definition) is 3. The first-order valence-electron chi connectivity index (χ1n) is 5.77. The number of isocyanates is 1. The van der Waals surface area contributed by atoms with Gasteiger partial charge in [-0.2, -0.15) is 4.99 Å². The molecule has 0 aliphatic rings. The Bertz CT molecular complexity index is 574. The molecule has 2 rings (SSSR count). The highest BCUT2D eigenvalue weighted by atomic mass is 32.2. The lowest BCUT2D eigenvalue weighted by molar-refractivity contribution is 0.565. The third-order valence-corrected chi connectivity index (χ3v) is 3.62. The summed E-state index contributed by atoms with van der Waals surface area (Å²) in [7, 11) is 0. The van der Waals surface area contributed by atoms with Crippen LogP contribution in [0.1, 0.15) is 12.5 Å². The molecule has 0 heterocycles. The Morgan fingerprint density at radius 2 is 1.94 bits per heavy atom. The Hall–Kier alpha value is -1.83. The van der Waals surface area contributed by atoms with Gasteiger partial charge in [0.1, 0.15) is 0 Å². The molecule has 0 aliphatic carbocycles. The molecule has 90 valence electrons. The van der Waals surface area contributed by atoms with Crippen molar-refractivity contribution in [1.29, 1.82) is 0 Å². The van der Waals surface area contributed by atoms with Crippen LogP contribution in [0.2, 0.25) is 0 Å². The molecule has 3 heteroatoms. The van der Waals surface area contributed by atoms with Gasteiger partial charge in [0.25, 0.3) is 0 Å². The van der Waals surface area contributed by atoms with Gasteiger partial charge < -0.3 is 0 Å². The smallest absolute Gasteiger partial charge is 0.211 e. The number of carbonyl (C=O) groups excluding carboxylic acids is 1. The third-order valence-electron chi connectivity index (χ3n) is 2.57.